The molecule has 2 saturated heterocycles. The van der Waals surface area contributed by atoms with E-state index in [1.165, 1.54) is 38.6 Å². The fourth-order valence-electron chi connectivity index (χ4n) is 6.20. The minimum atomic E-state index is -0.0485. The molecule has 2 aliphatic heterocycles. The Balaban J connectivity index is 1.29. The van der Waals surface area contributed by atoms with Gasteiger partial charge in [0, 0.05) is 50.9 Å². The van der Waals surface area contributed by atoms with Crippen molar-refractivity contribution in [2.24, 2.45) is 5.92 Å². The molecule has 0 radical (unpaired) electrons. The Hall–Kier alpha value is -1.92. The summed E-state index contributed by atoms with van der Waals surface area (Å²) in [4.78, 5) is 33.2. The molecule has 6 heteroatoms. The fraction of sp³-hybridized carbons (Fsp3) is 0.714. The van der Waals surface area contributed by atoms with Crippen LogP contribution in [-0.4, -0.2) is 84.4 Å². The number of hydrogen-bond acceptors (Lipinski definition) is 4. The standard InChI is InChI=1S/C28H44N4O2/c1-22-9-7-13-25(21-22)28(34)32-19-17-31(18-20-32)26(24-11-3-4-12-24)27(33)29-14-8-16-30-15-6-5-10-23(30)2/h7,9,13,21,23-24,26H,3-6,8,10-12,14-20H2,1-2H3,(H,29,33)/t23-,26+/m0/s1. The van der Waals surface area contributed by atoms with E-state index in [0.717, 1.165) is 56.6 Å². The van der Waals surface area contributed by atoms with E-state index in [1.807, 2.05) is 36.1 Å². The van der Waals surface area contributed by atoms with Crippen molar-refractivity contribution in [3.8, 4) is 0 Å². The third-order valence-corrected chi connectivity index (χ3v) is 8.24. The number of carbonyl (C=O) groups is 2. The lowest BCUT2D eigenvalue weighted by atomic mass is 9.95. The van der Waals surface area contributed by atoms with Gasteiger partial charge in [0.1, 0.15) is 0 Å². The first-order chi connectivity index (χ1) is 16.5. The molecule has 0 aromatic heterocycles. The molecule has 188 valence electrons. The van der Waals surface area contributed by atoms with Gasteiger partial charge in [-0.2, -0.15) is 0 Å². The van der Waals surface area contributed by atoms with Crippen LogP contribution in [0.25, 0.3) is 0 Å². The Morgan fingerprint density at radius 3 is 2.44 bits per heavy atom. The van der Waals surface area contributed by atoms with Gasteiger partial charge in [0.25, 0.3) is 5.91 Å². The van der Waals surface area contributed by atoms with Crippen molar-refractivity contribution < 1.29 is 9.59 Å². The number of hydrogen-bond donors (Lipinski definition) is 1. The largest absolute Gasteiger partial charge is 0.355 e. The maximum absolute atomic E-state index is 13.4. The van der Waals surface area contributed by atoms with Crippen LogP contribution in [0.15, 0.2) is 24.3 Å². The summed E-state index contributed by atoms with van der Waals surface area (Å²) in [5.41, 5.74) is 1.87. The molecule has 2 heterocycles. The highest BCUT2D eigenvalue weighted by Crippen LogP contribution is 2.31. The molecular weight excluding hydrogens is 424 g/mol. The lowest BCUT2D eigenvalue weighted by molar-refractivity contribution is -0.129. The summed E-state index contributed by atoms with van der Waals surface area (Å²) >= 11 is 0. The number of aryl methyl sites for hydroxylation is 1. The van der Waals surface area contributed by atoms with Crippen molar-refractivity contribution >= 4 is 11.8 Å². The molecule has 1 N–H and O–H groups in total. The van der Waals surface area contributed by atoms with E-state index in [9.17, 15) is 9.59 Å². The first kappa shape index (κ1) is 25.2. The van der Waals surface area contributed by atoms with Crippen LogP contribution >= 0.6 is 0 Å². The number of carbonyl (C=O) groups excluding carboxylic acids is 2. The second-order valence-electron chi connectivity index (χ2n) is 10.7. The van der Waals surface area contributed by atoms with Gasteiger partial charge in [0.2, 0.25) is 5.91 Å². The van der Waals surface area contributed by atoms with Crippen molar-refractivity contribution in [3.63, 3.8) is 0 Å². The van der Waals surface area contributed by atoms with Gasteiger partial charge in [-0.05, 0) is 70.5 Å². The highest BCUT2D eigenvalue weighted by atomic mass is 16.2. The molecule has 3 fully saturated rings. The van der Waals surface area contributed by atoms with Gasteiger partial charge in [-0.15, -0.1) is 0 Å². The molecule has 0 spiro atoms. The van der Waals surface area contributed by atoms with Gasteiger partial charge < -0.3 is 15.1 Å². The third kappa shape index (κ3) is 6.39. The van der Waals surface area contributed by atoms with E-state index in [0.29, 0.717) is 25.0 Å². The minimum absolute atomic E-state index is 0.0485. The molecule has 1 saturated carbocycles. The van der Waals surface area contributed by atoms with E-state index >= 15 is 0 Å². The zero-order chi connectivity index (χ0) is 23.9. The minimum Gasteiger partial charge on any atom is -0.355 e. The van der Waals surface area contributed by atoms with Crippen molar-refractivity contribution in [1.82, 2.24) is 20.0 Å². The summed E-state index contributed by atoms with van der Waals surface area (Å²) < 4.78 is 0. The molecule has 2 amide bonds. The molecule has 1 aromatic carbocycles. The smallest absolute Gasteiger partial charge is 0.253 e. The van der Waals surface area contributed by atoms with Gasteiger partial charge >= 0.3 is 0 Å². The summed E-state index contributed by atoms with van der Waals surface area (Å²) in [5, 5.41) is 3.29. The van der Waals surface area contributed by atoms with Crippen LogP contribution in [0.1, 0.15) is 74.2 Å². The second-order valence-corrected chi connectivity index (χ2v) is 10.7. The average Bonchev–Trinajstić information content (AvgIpc) is 3.37. The Labute approximate surface area is 206 Å². The maximum atomic E-state index is 13.4. The summed E-state index contributed by atoms with van der Waals surface area (Å²) in [6.07, 6.45) is 9.72. The van der Waals surface area contributed by atoms with E-state index in [4.69, 9.17) is 0 Å². The number of nitrogens with zero attached hydrogens (tertiary/aromatic N) is 3. The monoisotopic (exact) mass is 468 g/mol. The van der Waals surface area contributed by atoms with Crippen LogP contribution in [0.2, 0.25) is 0 Å². The molecule has 0 bridgehead atoms. The third-order valence-electron chi connectivity index (χ3n) is 8.24. The second kappa shape index (κ2) is 12.2. The number of piperidine rings is 1. The predicted molar refractivity (Wildman–Crippen MR) is 137 cm³/mol. The van der Waals surface area contributed by atoms with Crippen LogP contribution < -0.4 is 5.32 Å². The van der Waals surface area contributed by atoms with Crippen molar-refractivity contribution in [2.75, 3.05) is 45.8 Å². The number of benzene rings is 1. The lowest BCUT2D eigenvalue weighted by Crippen LogP contribution is -2.58. The number of piperazine rings is 1. The number of amides is 2. The molecule has 0 unspecified atom stereocenters. The maximum Gasteiger partial charge on any atom is 0.253 e. The normalized spacial score (nSPS) is 23.7. The van der Waals surface area contributed by atoms with Crippen molar-refractivity contribution in [1.29, 1.82) is 0 Å². The zero-order valence-electron chi connectivity index (χ0n) is 21.3. The van der Waals surface area contributed by atoms with Crippen LogP contribution in [-0.2, 0) is 4.79 Å². The van der Waals surface area contributed by atoms with Crippen LogP contribution in [0, 0.1) is 12.8 Å². The summed E-state index contributed by atoms with van der Waals surface area (Å²) in [6.45, 7) is 10.3. The Bertz CT molecular complexity index is 814. The highest BCUT2D eigenvalue weighted by Gasteiger charge is 2.37. The van der Waals surface area contributed by atoms with E-state index < -0.39 is 0 Å². The van der Waals surface area contributed by atoms with E-state index in [2.05, 4.69) is 22.0 Å². The molecule has 34 heavy (non-hydrogen) atoms. The highest BCUT2D eigenvalue weighted by molar-refractivity contribution is 5.94. The van der Waals surface area contributed by atoms with Gasteiger partial charge in [0.15, 0.2) is 0 Å². The first-order valence-corrected chi connectivity index (χ1v) is 13.6. The zero-order valence-corrected chi connectivity index (χ0v) is 21.3. The molecular formula is C28H44N4O2. The van der Waals surface area contributed by atoms with Gasteiger partial charge in [-0.25, -0.2) is 0 Å². The average molecular weight is 469 g/mol. The molecule has 3 aliphatic rings. The van der Waals surface area contributed by atoms with Gasteiger partial charge in [-0.3, -0.25) is 14.5 Å². The Morgan fingerprint density at radius 2 is 1.74 bits per heavy atom. The quantitative estimate of drug-likeness (QED) is 0.591. The number of rotatable bonds is 8. The van der Waals surface area contributed by atoms with Crippen LogP contribution in [0.5, 0.6) is 0 Å². The molecule has 4 rings (SSSR count). The van der Waals surface area contributed by atoms with Crippen LogP contribution in [0.4, 0.5) is 0 Å². The van der Waals surface area contributed by atoms with Gasteiger partial charge in [0.05, 0.1) is 6.04 Å². The number of likely N-dealkylation sites (tertiary alicyclic amines) is 1. The van der Waals surface area contributed by atoms with Crippen LogP contribution in [0.3, 0.4) is 0 Å². The van der Waals surface area contributed by atoms with E-state index in [1.54, 1.807) is 0 Å². The lowest BCUT2D eigenvalue weighted by Gasteiger charge is -2.41. The fourth-order valence-corrected chi connectivity index (χ4v) is 6.20. The topological polar surface area (TPSA) is 55.9 Å². The van der Waals surface area contributed by atoms with Crippen molar-refractivity contribution in [3.05, 3.63) is 35.4 Å². The first-order valence-electron chi connectivity index (χ1n) is 13.6. The van der Waals surface area contributed by atoms with Gasteiger partial charge in [-0.1, -0.05) is 37.0 Å². The SMILES string of the molecule is Cc1cccc(C(=O)N2CCN([C@@H](C(=O)NCCCN3CCCC[C@@H]3C)C3CCCC3)CC2)c1. The molecule has 1 aromatic rings. The molecule has 1 aliphatic carbocycles. The Kier molecular flexibility index (Phi) is 9.01. The summed E-state index contributed by atoms with van der Waals surface area (Å²) in [7, 11) is 0. The van der Waals surface area contributed by atoms with Crippen molar-refractivity contribution in [2.45, 2.75) is 77.3 Å². The van der Waals surface area contributed by atoms with E-state index in [-0.39, 0.29) is 17.9 Å². The predicted octanol–water partition coefficient (Wildman–Crippen LogP) is 3.69. The number of nitrogens with one attached hydrogen (secondary N) is 1. The molecule has 2 atom stereocenters. The summed E-state index contributed by atoms with van der Waals surface area (Å²) in [6, 6.07) is 8.47. The Morgan fingerprint density at radius 1 is 1.00 bits per heavy atom. The molecule has 6 nitrogen and oxygen atoms in total. The summed E-state index contributed by atoms with van der Waals surface area (Å²) in [5.74, 6) is 0.760.